The zero-order valence-corrected chi connectivity index (χ0v) is 19.8. The molecule has 0 aliphatic heterocycles. The molecule has 3 aromatic rings. The molecule has 1 aromatic heterocycles. The molecule has 0 spiro atoms. The van der Waals surface area contributed by atoms with E-state index < -0.39 is 12.3 Å². The van der Waals surface area contributed by atoms with E-state index in [2.05, 4.69) is 15.2 Å². The number of rotatable bonds is 11. The molecule has 0 aliphatic carbocycles. The number of ether oxygens (including phenoxy) is 6. The van der Waals surface area contributed by atoms with Crippen molar-refractivity contribution in [1.29, 1.82) is 0 Å². The van der Waals surface area contributed by atoms with Crippen LogP contribution < -0.4 is 19.5 Å². The van der Waals surface area contributed by atoms with Gasteiger partial charge in [0, 0.05) is 45.0 Å². The molecule has 194 valence electrons. The van der Waals surface area contributed by atoms with E-state index in [1.54, 1.807) is 19.2 Å². The first-order valence-electron chi connectivity index (χ1n) is 10.3. The second-order valence-corrected chi connectivity index (χ2v) is 7.17. The van der Waals surface area contributed by atoms with Gasteiger partial charge in [-0.1, -0.05) is 0 Å². The summed E-state index contributed by atoms with van der Waals surface area (Å²) >= 11 is 0. The van der Waals surface area contributed by atoms with Crippen molar-refractivity contribution in [2.75, 3.05) is 40.2 Å². The van der Waals surface area contributed by atoms with Gasteiger partial charge < -0.3 is 33.7 Å². The molecular weight excluding hydrogens is 487 g/mol. The van der Waals surface area contributed by atoms with Crippen LogP contribution in [-0.2, 0) is 21.3 Å². The molecule has 3 rings (SSSR count). The SMILES string of the molecule is COCOc1cc(Nc2cc(-c3ccc(OC(F)(F)F)cc3)nn2C)c(C(=O)OC)c(OCOC)c1. The normalized spacial score (nSPS) is 11.2. The Kier molecular flexibility index (Phi) is 8.61. The van der Waals surface area contributed by atoms with E-state index in [-0.39, 0.29) is 36.3 Å². The average Bonchev–Trinajstić information content (AvgIpc) is 3.20. The zero-order chi connectivity index (χ0) is 26.3. The molecule has 13 heteroatoms. The van der Waals surface area contributed by atoms with Crippen LogP contribution in [0.4, 0.5) is 24.7 Å². The molecule has 10 nitrogen and oxygen atoms in total. The van der Waals surface area contributed by atoms with Crippen LogP contribution in [0.15, 0.2) is 42.5 Å². The van der Waals surface area contributed by atoms with E-state index in [4.69, 9.17) is 23.7 Å². The lowest BCUT2D eigenvalue weighted by atomic mass is 10.1. The molecule has 1 heterocycles. The molecule has 2 aromatic carbocycles. The number of nitrogens with zero attached hydrogens (tertiary/aromatic N) is 2. The van der Waals surface area contributed by atoms with Gasteiger partial charge in [-0.15, -0.1) is 13.2 Å². The Morgan fingerprint density at radius 3 is 2.25 bits per heavy atom. The number of hydrogen-bond donors (Lipinski definition) is 1. The molecule has 0 aliphatic rings. The molecule has 36 heavy (non-hydrogen) atoms. The number of alkyl halides is 3. The van der Waals surface area contributed by atoms with Crippen LogP contribution >= 0.6 is 0 Å². The summed E-state index contributed by atoms with van der Waals surface area (Å²) in [7, 11) is 5.78. The van der Waals surface area contributed by atoms with Crippen LogP contribution in [0.5, 0.6) is 17.2 Å². The van der Waals surface area contributed by atoms with Crippen LogP contribution in [-0.4, -0.2) is 57.0 Å². The van der Waals surface area contributed by atoms with Crippen molar-refractivity contribution in [2.45, 2.75) is 6.36 Å². The number of halogens is 3. The van der Waals surface area contributed by atoms with E-state index in [0.717, 1.165) is 0 Å². The lowest BCUT2D eigenvalue weighted by Gasteiger charge is -2.17. The van der Waals surface area contributed by atoms with Gasteiger partial charge in [0.25, 0.3) is 0 Å². The second kappa shape index (κ2) is 11.6. The van der Waals surface area contributed by atoms with E-state index in [0.29, 0.717) is 22.8 Å². The van der Waals surface area contributed by atoms with Crippen LogP contribution in [0.3, 0.4) is 0 Å². The number of nitrogens with one attached hydrogen (secondary N) is 1. The summed E-state index contributed by atoms with van der Waals surface area (Å²) in [5.41, 5.74) is 1.37. The minimum atomic E-state index is -4.78. The van der Waals surface area contributed by atoms with Gasteiger partial charge in [-0.25, -0.2) is 4.79 Å². The van der Waals surface area contributed by atoms with Gasteiger partial charge >= 0.3 is 12.3 Å². The molecule has 0 fully saturated rings. The first kappa shape index (κ1) is 26.6. The highest BCUT2D eigenvalue weighted by Crippen LogP contribution is 2.36. The average molecular weight is 511 g/mol. The zero-order valence-electron chi connectivity index (χ0n) is 19.8. The largest absolute Gasteiger partial charge is 0.573 e. The monoisotopic (exact) mass is 511 g/mol. The highest BCUT2D eigenvalue weighted by Gasteiger charge is 2.31. The molecule has 0 unspecified atom stereocenters. The molecule has 1 N–H and O–H groups in total. The number of methoxy groups -OCH3 is 3. The summed E-state index contributed by atoms with van der Waals surface area (Å²) in [5, 5.41) is 7.50. The second-order valence-electron chi connectivity index (χ2n) is 7.17. The van der Waals surface area contributed by atoms with Crippen molar-refractivity contribution in [3.05, 3.63) is 48.0 Å². The quantitative estimate of drug-likeness (QED) is 0.295. The maximum Gasteiger partial charge on any atom is 0.573 e. The van der Waals surface area contributed by atoms with Gasteiger partial charge in [0.2, 0.25) is 0 Å². The Morgan fingerprint density at radius 2 is 1.64 bits per heavy atom. The minimum absolute atomic E-state index is 0.0510. The van der Waals surface area contributed by atoms with E-state index in [1.807, 2.05) is 0 Å². The lowest BCUT2D eigenvalue weighted by Crippen LogP contribution is -2.16. The number of benzene rings is 2. The summed E-state index contributed by atoms with van der Waals surface area (Å²) in [5.74, 6) is -0.0974. The number of anilines is 2. The first-order valence-corrected chi connectivity index (χ1v) is 10.3. The molecule has 0 saturated carbocycles. The van der Waals surface area contributed by atoms with Crippen LogP contribution in [0.1, 0.15) is 10.4 Å². The summed E-state index contributed by atoms with van der Waals surface area (Å²) in [6.07, 6.45) is -4.78. The van der Waals surface area contributed by atoms with Gasteiger partial charge in [-0.2, -0.15) is 5.10 Å². The van der Waals surface area contributed by atoms with Crippen LogP contribution in [0.25, 0.3) is 11.3 Å². The number of esters is 1. The number of carbonyl (C=O) groups excluding carboxylic acids is 1. The summed E-state index contributed by atoms with van der Waals surface area (Å²) in [6, 6.07) is 9.98. The highest BCUT2D eigenvalue weighted by atomic mass is 19.4. The maximum atomic E-state index is 12.6. The summed E-state index contributed by atoms with van der Waals surface area (Å²) in [4.78, 5) is 12.6. The van der Waals surface area contributed by atoms with E-state index in [1.165, 1.54) is 56.3 Å². The summed E-state index contributed by atoms with van der Waals surface area (Å²) < 4.78 is 68.6. The minimum Gasteiger partial charge on any atom is -0.467 e. The Bertz CT molecular complexity index is 1180. The Hall–Kier alpha value is -3.97. The molecular formula is C23H24F3N3O7. The fourth-order valence-corrected chi connectivity index (χ4v) is 3.14. The Balaban J connectivity index is 1.96. The third kappa shape index (κ3) is 6.79. The summed E-state index contributed by atoms with van der Waals surface area (Å²) in [6.45, 7) is -0.189. The lowest BCUT2D eigenvalue weighted by molar-refractivity contribution is -0.274. The third-order valence-electron chi connectivity index (χ3n) is 4.67. The fourth-order valence-electron chi connectivity index (χ4n) is 3.14. The highest BCUT2D eigenvalue weighted by molar-refractivity contribution is 6.00. The number of aromatic nitrogens is 2. The van der Waals surface area contributed by atoms with Crippen molar-refractivity contribution in [2.24, 2.45) is 7.05 Å². The number of hydrogen-bond acceptors (Lipinski definition) is 9. The van der Waals surface area contributed by atoms with Gasteiger partial charge in [-0.3, -0.25) is 4.68 Å². The Morgan fingerprint density at radius 1 is 0.972 bits per heavy atom. The molecule has 0 radical (unpaired) electrons. The first-order chi connectivity index (χ1) is 17.1. The van der Waals surface area contributed by atoms with Crippen molar-refractivity contribution >= 4 is 17.5 Å². The molecule has 0 amide bonds. The predicted octanol–water partition coefficient (Wildman–Crippen LogP) is 4.48. The van der Waals surface area contributed by atoms with Crippen molar-refractivity contribution in [3.63, 3.8) is 0 Å². The smallest absolute Gasteiger partial charge is 0.467 e. The van der Waals surface area contributed by atoms with Crippen molar-refractivity contribution in [3.8, 4) is 28.5 Å². The van der Waals surface area contributed by atoms with Crippen LogP contribution in [0.2, 0.25) is 0 Å². The number of aryl methyl sites for hydroxylation is 1. The van der Waals surface area contributed by atoms with Crippen LogP contribution in [0, 0.1) is 0 Å². The topological polar surface area (TPSA) is 102 Å². The fraction of sp³-hybridized carbons (Fsp3) is 0.304. The van der Waals surface area contributed by atoms with Gasteiger partial charge in [0.15, 0.2) is 13.6 Å². The van der Waals surface area contributed by atoms with Crippen molar-refractivity contribution in [1.82, 2.24) is 9.78 Å². The van der Waals surface area contributed by atoms with Crippen molar-refractivity contribution < 1.29 is 46.4 Å². The molecule has 0 bridgehead atoms. The third-order valence-corrected chi connectivity index (χ3v) is 4.67. The predicted molar refractivity (Wildman–Crippen MR) is 121 cm³/mol. The van der Waals surface area contributed by atoms with Gasteiger partial charge in [-0.05, 0) is 24.3 Å². The molecule has 0 saturated heterocycles. The van der Waals surface area contributed by atoms with Gasteiger partial charge in [0.1, 0.15) is 28.6 Å². The van der Waals surface area contributed by atoms with Gasteiger partial charge in [0.05, 0.1) is 18.5 Å². The number of carbonyl (C=O) groups is 1. The molecule has 0 atom stereocenters. The maximum absolute atomic E-state index is 12.6. The standard InChI is InChI=1S/C23H24F3N3O7/c1-29-20(11-17(28-29)14-5-7-15(8-6-14)36-23(24,25)26)27-18-9-16(34-12-31-2)10-19(35-13-32-3)21(18)22(30)33-4/h5-11,27H,12-13H2,1-4H3. The van der Waals surface area contributed by atoms with E-state index >= 15 is 0 Å². The van der Waals surface area contributed by atoms with E-state index in [9.17, 15) is 18.0 Å². The Labute approximate surface area is 204 Å².